The van der Waals surface area contributed by atoms with Crippen molar-refractivity contribution in [1.29, 1.82) is 0 Å². The number of anilines is 1. The van der Waals surface area contributed by atoms with Gasteiger partial charge in [0.15, 0.2) is 0 Å². The number of rotatable bonds is 4. The summed E-state index contributed by atoms with van der Waals surface area (Å²) in [6.45, 7) is 3.00. The summed E-state index contributed by atoms with van der Waals surface area (Å²) < 4.78 is 1.91. The molecule has 0 atom stereocenters. The first kappa shape index (κ1) is 10.6. The summed E-state index contributed by atoms with van der Waals surface area (Å²) in [5.41, 5.74) is 7.89. The van der Waals surface area contributed by atoms with E-state index in [1.54, 1.807) is 12.4 Å². The molecule has 0 unspecified atom stereocenters. The summed E-state index contributed by atoms with van der Waals surface area (Å²) in [7, 11) is 0. The molecule has 2 aromatic rings. The molecule has 2 N–H and O–H groups in total. The van der Waals surface area contributed by atoms with Crippen LogP contribution in [0.2, 0.25) is 0 Å². The molecule has 2 aromatic heterocycles. The zero-order valence-electron chi connectivity index (χ0n) is 9.30. The topological polar surface area (TPSA) is 69.6 Å². The highest BCUT2D eigenvalue weighted by Crippen LogP contribution is 2.12. The van der Waals surface area contributed by atoms with Gasteiger partial charge in [-0.2, -0.15) is 0 Å². The van der Waals surface area contributed by atoms with Crippen LogP contribution < -0.4 is 5.73 Å². The lowest BCUT2D eigenvalue weighted by atomic mass is 10.1. The summed E-state index contributed by atoms with van der Waals surface area (Å²) in [6, 6.07) is 3.87. The Hall–Kier alpha value is -1.91. The lowest BCUT2D eigenvalue weighted by molar-refractivity contribution is 0.560. The third kappa shape index (κ3) is 2.18. The molecule has 0 aromatic carbocycles. The fourth-order valence-electron chi connectivity index (χ4n) is 1.61. The summed E-state index contributed by atoms with van der Waals surface area (Å²) in [5, 5.41) is 7.96. The van der Waals surface area contributed by atoms with Crippen molar-refractivity contribution in [3.8, 4) is 0 Å². The van der Waals surface area contributed by atoms with Crippen LogP contribution in [0.5, 0.6) is 0 Å². The van der Waals surface area contributed by atoms with Gasteiger partial charge in [-0.1, -0.05) is 18.2 Å². The Morgan fingerprint density at radius 2 is 2.31 bits per heavy atom. The van der Waals surface area contributed by atoms with E-state index in [0.29, 0.717) is 5.82 Å². The molecule has 0 fully saturated rings. The van der Waals surface area contributed by atoms with Gasteiger partial charge in [0.1, 0.15) is 5.82 Å². The molecule has 0 radical (unpaired) electrons. The number of aryl methyl sites for hydroxylation is 1. The molecular formula is C11H15N5. The van der Waals surface area contributed by atoms with Gasteiger partial charge in [-0.25, -0.2) is 9.67 Å². The highest BCUT2D eigenvalue weighted by molar-refractivity contribution is 5.40. The van der Waals surface area contributed by atoms with Crippen LogP contribution in [0.25, 0.3) is 0 Å². The molecule has 0 saturated carbocycles. The number of hydrogen-bond acceptors (Lipinski definition) is 4. The molecule has 5 nitrogen and oxygen atoms in total. The predicted octanol–water partition coefficient (Wildman–Crippen LogP) is 1.26. The number of pyridine rings is 1. The second-order valence-electron chi connectivity index (χ2n) is 3.67. The van der Waals surface area contributed by atoms with Gasteiger partial charge in [0.2, 0.25) is 0 Å². The Labute approximate surface area is 94.3 Å². The van der Waals surface area contributed by atoms with Crippen molar-refractivity contribution in [2.45, 2.75) is 26.3 Å². The van der Waals surface area contributed by atoms with Gasteiger partial charge in [0.25, 0.3) is 0 Å². The zero-order valence-corrected chi connectivity index (χ0v) is 9.30. The molecule has 0 aliphatic heterocycles. The van der Waals surface area contributed by atoms with Crippen LogP contribution in [0.1, 0.15) is 24.6 Å². The Kier molecular flexibility index (Phi) is 3.14. The second-order valence-corrected chi connectivity index (χ2v) is 3.67. The van der Waals surface area contributed by atoms with E-state index >= 15 is 0 Å². The second kappa shape index (κ2) is 4.74. The van der Waals surface area contributed by atoms with Gasteiger partial charge >= 0.3 is 0 Å². The van der Waals surface area contributed by atoms with Crippen molar-refractivity contribution in [1.82, 2.24) is 20.0 Å². The SMILES string of the molecule is CCCn1nncc1Cc1cccnc1N. The van der Waals surface area contributed by atoms with E-state index in [0.717, 1.165) is 30.6 Å². The maximum Gasteiger partial charge on any atom is 0.126 e. The average Bonchev–Trinajstić information content (AvgIpc) is 2.70. The van der Waals surface area contributed by atoms with Gasteiger partial charge in [-0.05, 0) is 12.5 Å². The molecule has 2 rings (SSSR count). The first-order valence-electron chi connectivity index (χ1n) is 5.38. The van der Waals surface area contributed by atoms with Crippen molar-refractivity contribution in [2.75, 3.05) is 5.73 Å². The largest absolute Gasteiger partial charge is 0.383 e. The molecular weight excluding hydrogens is 202 g/mol. The van der Waals surface area contributed by atoms with E-state index in [2.05, 4.69) is 22.2 Å². The molecule has 0 spiro atoms. The number of nitrogen functional groups attached to an aromatic ring is 1. The number of aromatic nitrogens is 4. The van der Waals surface area contributed by atoms with Crippen LogP contribution in [0, 0.1) is 0 Å². The van der Waals surface area contributed by atoms with Crippen LogP contribution in [-0.2, 0) is 13.0 Å². The van der Waals surface area contributed by atoms with Crippen molar-refractivity contribution < 1.29 is 0 Å². The van der Waals surface area contributed by atoms with Crippen LogP contribution >= 0.6 is 0 Å². The third-order valence-electron chi connectivity index (χ3n) is 2.43. The van der Waals surface area contributed by atoms with E-state index in [9.17, 15) is 0 Å². The lowest BCUT2D eigenvalue weighted by Crippen LogP contribution is -2.06. The van der Waals surface area contributed by atoms with Crippen molar-refractivity contribution >= 4 is 5.82 Å². The average molecular weight is 217 g/mol. The standard InChI is InChI=1S/C11H15N5/c1-2-6-16-10(8-14-15-16)7-9-4-3-5-13-11(9)12/h3-5,8H,2,6-7H2,1H3,(H2,12,13). The molecule has 0 aliphatic carbocycles. The quantitative estimate of drug-likeness (QED) is 0.837. The Bertz CT molecular complexity index is 463. The van der Waals surface area contributed by atoms with Crippen molar-refractivity contribution in [3.05, 3.63) is 35.8 Å². The van der Waals surface area contributed by atoms with Crippen LogP contribution in [0.4, 0.5) is 5.82 Å². The molecule has 16 heavy (non-hydrogen) atoms. The summed E-state index contributed by atoms with van der Waals surface area (Å²) in [5.74, 6) is 0.576. The summed E-state index contributed by atoms with van der Waals surface area (Å²) >= 11 is 0. The van der Waals surface area contributed by atoms with E-state index in [-0.39, 0.29) is 0 Å². The molecule has 0 saturated heterocycles. The Balaban J connectivity index is 2.20. The first-order chi connectivity index (χ1) is 7.81. The van der Waals surface area contributed by atoms with Crippen LogP contribution in [-0.4, -0.2) is 20.0 Å². The van der Waals surface area contributed by atoms with Crippen molar-refractivity contribution in [2.24, 2.45) is 0 Å². The number of nitrogens with zero attached hydrogens (tertiary/aromatic N) is 4. The Morgan fingerprint density at radius 1 is 1.44 bits per heavy atom. The van der Waals surface area contributed by atoms with E-state index < -0.39 is 0 Å². The van der Waals surface area contributed by atoms with Gasteiger partial charge in [-0.3, -0.25) is 0 Å². The minimum Gasteiger partial charge on any atom is -0.383 e. The maximum atomic E-state index is 5.80. The molecule has 5 heteroatoms. The van der Waals surface area contributed by atoms with Gasteiger partial charge < -0.3 is 5.73 Å². The Morgan fingerprint density at radius 3 is 3.06 bits per heavy atom. The predicted molar refractivity (Wildman–Crippen MR) is 61.8 cm³/mol. The summed E-state index contributed by atoms with van der Waals surface area (Å²) in [6.07, 6.45) is 5.24. The molecule has 0 amide bonds. The normalized spacial score (nSPS) is 10.6. The van der Waals surface area contributed by atoms with Crippen LogP contribution in [0.15, 0.2) is 24.5 Å². The number of nitrogens with two attached hydrogens (primary N) is 1. The smallest absolute Gasteiger partial charge is 0.126 e. The molecule has 0 aliphatic rings. The maximum absolute atomic E-state index is 5.80. The molecule has 84 valence electrons. The van der Waals surface area contributed by atoms with Crippen molar-refractivity contribution in [3.63, 3.8) is 0 Å². The fraction of sp³-hybridized carbons (Fsp3) is 0.364. The lowest BCUT2D eigenvalue weighted by Gasteiger charge is -2.06. The highest BCUT2D eigenvalue weighted by Gasteiger charge is 2.06. The molecule has 2 heterocycles. The highest BCUT2D eigenvalue weighted by atomic mass is 15.4. The van der Waals surface area contributed by atoms with Gasteiger partial charge in [-0.15, -0.1) is 5.10 Å². The minimum absolute atomic E-state index is 0.576. The summed E-state index contributed by atoms with van der Waals surface area (Å²) in [4.78, 5) is 4.06. The third-order valence-corrected chi connectivity index (χ3v) is 2.43. The monoisotopic (exact) mass is 217 g/mol. The zero-order chi connectivity index (χ0) is 11.4. The minimum atomic E-state index is 0.576. The fourth-order valence-corrected chi connectivity index (χ4v) is 1.61. The first-order valence-corrected chi connectivity index (χ1v) is 5.38. The van der Waals surface area contributed by atoms with E-state index in [1.165, 1.54) is 0 Å². The number of hydrogen-bond donors (Lipinski definition) is 1. The van der Waals surface area contributed by atoms with E-state index in [1.807, 2.05) is 16.8 Å². The van der Waals surface area contributed by atoms with E-state index in [4.69, 9.17) is 5.73 Å². The molecule has 0 bridgehead atoms. The van der Waals surface area contributed by atoms with Crippen LogP contribution in [0.3, 0.4) is 0 Å². The van der Waals surface area contributed by atoms with Gasteiger partial charge in [0, 0.05) is 24.7 Å². The van der Waals surface area contributed by atoms with Gasteiger partial charge in [0.05, 0.1) is 11.9 Å².